The first-order valence-corrected chi connectivity index (χ1v) is 8.50. The van der Waals surface area contributed by atoms with E-state index in [4.69, 9.17) is 0 Å². The van der Waals surface area contributed by atoms with Crippen LogP contribution >= 0.6 is 0 Å². The molecule has 0 bridgehead atoms. The fraction of sp³-hybridized carbons (Fsp3) is 0.150. The molecule has 0 saturated carbocycles. The molecule has 0 saturated heterocycles. The Kier molecular flexibility index (Phi) is 5.77. The van der Waals surface area contributed by atoms with Crippen molar-refractivity contribution in [2.24, 2.45) is 0 Å². The van der Waals surface area contributed by atoms with E-state index in [2.05, 4.69) is 15.4 Å². The van der Waals surface area contributed by atoms with Gasteiger partial charge in [0.2, 0.25) is 0 Å². The number of halogens is 6. The van der Waals surface area contributed by atoms with Crippen molar-refractivity contribution in [3.63, 3.8) is 0 Å². The molecule has 0 aliphatic heterocycles. The van der Waals surface area contributed by atoms with E-state index in [0.29, 0.717) is 11.1 Å². The van der Waals surface area contributed by atoms with Crippen LogP contribution in [0.2, 0.25) is 0 Å². The van der Waals surface area contributed by atoms with E-state index < -0.39 is 30.2 Å². The zero-order valence-electron chi connectivity index (χ0n) is 15.0. The molecular formula is C20H14F6N2O2. The lowest BCUT2D eigenvalue weighted by atomic mass is 10.1. The van der Waals surface area contributed by atoms with Crippen LogP contribution in [-0.4, -0.2) is 24.5 Å². The highest BCUT2D eigenvalue weighted by atomic mass is 19.4. The first kappa shape index (κ1) is 21.3. The molecule has 0 aromatic heterocycles. The molecule has 3 aromatic rings. The van der Waals surface area contributed by atoms with E-state index in [9.17, 15) is 31.1 Å². The van der Waals surface area contributed by atoms with Crippen molar-refractivity contribution in [2.45, 2.75) is 18.5 Å². The number of nitrogens with one attached hydrogen (secondary N) is 2. The predicted octanol–water partition coefficient (Wildman–Crippen LogP) is 6.36. The highest BCUT2D eigenvalue weighted by Crippen LogP contribution is 2.38. The molecule has 3 rings (SSSR count). The number of carbonyl (C=O) groups excluding carboxylic acids is 1. The maximum Gasteiger partial charge on any atom is 0.439 e. The normalized spacial score (nSPS) is 13.0. The number of hydrogen-bond donors (Lipinski definition) is 2. The Morgan fingerprint density at radius 3 is 2.10 bits per heavy atom. The van der Waals surface area contributed by atoms with Gasteiger partial charge < -0.3 is 15.4 Å². The summed E-state index contributed by atoms with van der Waals surface area (Å²) >= 11 is 0. The van der Waals surface area contributed by atoms with Gasteiger partial charge in [-0.25, -0.2) is 9.18 Å². The number of rotatable bonds is 5. The highest BCUT2D eigenvalue weighted by molar-refractivity contribution is 6.06. The van der Waals surface area contributed by atoms with E-state index >= 15 is 0 Å². The molecule has 0 radical (unpaired) electrons. The first-order valence-electron chi connectivity index (χ1n) is 8.50. The smallest absolute Gasteiger partial charge is 0.428 e. The summed E-state index contributed by atoms with van der Waals surface area (Å²) in [5, 5.41) is 6.27. The van der Waals surface area contributed by atoms with Gasteiger partial charge in [-0.3, -0.25) is 0 Å². The number of anilines is 2. The van der Waals surface area contributed by atoms with E-state index in [-0.39, 0.29) is 5.69 Å². The molecule has 4 nitrogen and oxygen atoms in total. The summed E-state index contributed by atoms with van der Waals surface area (Å²) in [5.74, 6) is -0.831. The van der Waals surface area contributed by atoms with Crippen molar-refractivity contribution in [2.75, 3.05) is 10.6 Å². The Hall–Kier alpha value is -3.43. The second-order valence-electron chi connectivity index (χ2n) is 6.17. The van der Waals surface area contributed by atoms with Gasteiger partial charge in [0, 0.05) is 5.39 Å². The van der Waals surface area contributed by atoms with Gasteiger partial charge in [0.25, 0.3) is 6.17 Å². The molecule has 0 heterocycles. The lowest BCUT2D eigenvalue weighted by Gasteiger charge is -2.24. The molecule has 3 aromatic carbocycles. The minimum Gasteiger partial charge on any atom is -0.428 e. The van der Waals surface area contributed by atoms with E-state index in [0.717, 1.165) is 17.5 Å². The Bertz CT molecular complexity index is 1050. The third-order valence-corrected chi connectivity index (χ3v) is 4.00. The largest absolute Gasteiger partial charge is 0.439 e. The summed E-state index contributed by atoms with van der Waals surface area (Å²) in [6.45, 7) is 0. The molecule has 158 valence electrons. The minimum atomic E-state index is -5.82. The molecule has 10 heteroatoms. The molecule has 0 fully saturated rings. The fourth-order valence-corrected chi connectivity index (χ4v) is 2.66. The number of carbonyl (C=O) groups is 1. The SMILES string of the molecule is O=C(Nc1ccccc1OC(F)(F)[C@H](F)C(F)(F)F)Nc1cccc2ccccc12. The van der Waals surface area contributed by atoms with Crippen LogP contribution in [0.1, 0.15) is 0 Å². The number of urea groups is 1. The first-order chi connectivity index (χ1) is 14.1. The number of hydrogen-bond acceptors (Lipinski definition) is 2. The lowest BCUT2D eigenvalue weighted by Crippen LogP contribution is -2.45. The van der Waals surface area contributed by atoms with Gasteiger partial charge in [-0.2, -0.15) is 22.0 Å². The standard InChI is InChI=1S/C20H14F6N2O2/c21-17(19(22,23)24)20(25,26)30-16-11-4-3-9-15(16)28-18(29)27-14-10-5-7-12-6-1-2-8-13(12)14/h1-11,17H,(H2,27,28,29)/t17-/m1/s1. The average molecular weight is 428 g/mol. The number of amides is 2. The minimum absolute atomic E-state index is 0.371. The topological polar surface area (TPSA) is 50.4 Å². The summed E-state index contributed by atoms with van der Waals surface area (Å²) in [6.07, 6.45) is -15.6. The monoisotopic (exact) mass is 428 g/mol. The molecule has 0 aliphatic carbocycles. The van der Waals surface area contributed by atoms with Crippen LogP contribution in [0.5, 0.6) is 5.75 Å². The predicted molar refractivity (Wildman–Crippen MR) is 99.6 cm³/mol. The van der Waals surface area contributed by atoms with Gasteiger partial charge in [-0.1, -0.05) is 48.5 Å². The van der Waals surface area contributed by atoms with Crippen molar-refractivity contribution in [1.82, 2.24) is 0 Å². The van der Waals surface area contributed by atoms with Gasteiger partial charge in [0.1, 0.15) is 5.75 Å². The van der Waals surface area contributed by atoms with E-state index in [1.54, 1.807) is 30.3 Å². The number of alkyl halides is 6. The van der Waals surface area contributed by atoms with Gasteiger partial charge in [-0.05, 0) is 23.6 Å². The number of benzene rings is 3. The van der Waals surface area contributed by atoms with Crippen LogP contribution in [0.15, 0.2) is 66.7 Å². The fourth-order valence-electron chi connectivity index (χ4n) is 2.66. The Morgan fingerprint density at radius 2 is 1.37 bits per heavy atom. The van der Waals surface area contributed by atoms with Crippen LogP contribution in [0.4, 0.5) is 42.5 Å². The van der Waals surface area contributed by atoms with Crippen molar-refractivity contribution in [3.05, 3.63) is 66.7 Å². The van der Waals surface area contributed by atoms with E-state index in [1.807, 2.05) is 12.1 Å². The van der Waals surface area contributed by atoms with Crippen molar-refractivity contribution in [3.8, 4) is 5.75 Å². The zero-order chi connectivity index (χ0) is 21.9. The Morgan fingerprint density at radius 1 is 0.800 bits per heavy atom. The molecule has 0 spiro atoms. The molecule has 1 atom stereocenters. The van der Waals surface area contributed by atoms with Crippen molar-refractivity contribution < 1.29 is 35.9 Å². The van der Waals surface area contributed by atoms with Crippen LogP contribution in [0.3, 0.4) is 0 Å². The lowest BCUT2D eigenvalue weighted by molar-refractivity contribution is -0.304. The molecule has 0 aliphatic rings. The Balaban J connectivity index is 1.78. The maximum atomic E-state index is 13.6. The van der Waals surface area contributed by atoms with Crippen molar-refractivity contribution >= 4 is 28.2 Å². The number of ether oxygens (including phenoxy) is 1. The van der Waals surface area contributed by atoms with Crippen LogP contribution in [0, 0.1) is 0 Å². The third kappa shape index (κ3) is 4.76. The molecule has 0 unspecified atom stereocenters. The van der Waals surface area contributed by atoms with Crippen LogP contribution in [0.25, 0.3) is 10.8 Å². The molecule has 2 amide bonds. The highest BCUT2D eigenvalue weighted by Gasteiger charge is 2.59. The summed E-state index contributed by atoms with van der Waals surface area (Å²) < 4.78 is 81.2. The second kappa shape index (κ2) is 8.13. The number of fused-ring (bicyclic) bond motifs is 1. The Labute approximate surface area is 166 Å². The summed E-state index contributed by atoms with van der Waals surface area (Å²) in [7, 11) is 0. The summed E-state index contributed by atoms with van der Waals surface area (Å²) in [5.41, 5.74) is 0.0412. The van der Waals surface area contributed by atoms with Gasteiger partial charge in [0.05, 0.1) is 11.4 Å². The quantitative estimate of drug-likeness (QED) is 0.465. The molecule has 2 N–H and O–H groups in total. The zero-order valence-corrected chi connectivity index (χ0v) is 15.0. The third-order valence-electron chi connectivity index (χ3n) is 4.00. The van der Waals surface area contributed by atoms with Crippen molar-refractivity contribution in [1.29, 1.82) is 0 Å². The van der Waals surface area contributed by atoms with Crippen LogP contribution in [-0.2, 0) is 0 Å². The molecule has 30 heavy (non-hydrogen) atoms. The maximum absolute atomic E-state index is 13.6. The molecular weight excluding hydrogens is 414 g/mol. The summed E-state index contributed by atoms with van der Waals surface area (Å²) in [6, 6.07) is 15.9. The number of para-hydroxylation sites is 2. The van der Waals surface area contributed by atoms with Crippen LogP contribution < -0.4 is 15.4 Å². The van der Waals surface area contributed by atoms with Gasteiger partial charge >= 0.3 is 18.3 Å². The van der Waals surface area contributed by atoms with Gasteiger partial charge in [-0.15, -0.1) is 0 Å². The van der Waals surface area contributed by atoms with E-state index in [1.165, 1.54) is 12.1 Å². The van der Waals surface area contributed by atoms with Gasteiger partial charge in [0.15, 0.2) is 0 Å². The second-order valence-corrected chi connectivity index (χ2v) is 6.17. The average Bonchev–Trinajstić information content (AvgIpc) is 2.68. The summed E-state index contributed by atoms with van der Waals surface area (Å²) in [4.78, 5) is 12.3.